The molecule has 0 radical (unpaired) electrons. The minimum atomic E-state index is -4.18. The van der Waals surface area contributed by atoms with Gasteiger partial charge in [0.05, 0.1) is 53.9 Å². The lowest BCUT2D eigenvalue weighted by molar-refractivity contribution is -0.137. The normalized spacial score (nSPS) is 18.7. The molecule has 37 heteroatoms. The van der Waals surface area contributed by atoms with Crippen molar-refractivity contribution < 1.29 is 85.6 Å². The highest BCUT2D eigenvalue weighted by molar-refractivity contribution is 8.77. The number of nitrogens with zero attached hydrogens (tertiary/aromatic N) is 4. The summed E-state index contributed by atoms with van der Waals surface area (Å²) in [7, 11) is 1.78. The zero-order valence-corrected chi connectivity index (χ0v) is 75.6. The lowest BCUT2D eigenvalue weighted by Crippen LogP contribution is -2.63. The topological polar surface area (TPSA) is 472 Å². The number of fused-ring (bicyclic) bond motifs is 6. The molecule has 2 aliphatic heterocycles. The molecule has 1 saturated heterocycles. The number of aromatic nitrogens is 3. The number of alkyl carbamates (subject to hydrolysis) is 1. The largest absolute Gasteiger partial charge is 0.508 e. The number of aliphatic hydroxyl groups excluding tert-OH is 1. The number of methoxy groups -OCH3 is 1. The third-order valence-corrected chi connectivity index (χ3v) is 28.6. The number of sulfone groups is 1. The van der Waals surface area contributed by atoms with Gasteiger partial charge in [0.1, 0.15) is 60.4 Å². The van der Waals surface area contributed by atoms with Gasteiger partial charge in [-0.1, -0.05) is 188 Å². The van der Waals surface area contributed by atoms with Gasteiger partial charge in [-0.15, -0.1) is 5.10 Å². The maximum absolute atomic E-state index is 15.8. The maximum Gasteiger partial charge on any atom is 0.408 e. The first-order valence-electron chi connectivity index (χ1n) is 42.1. The van der Waals surface area contributed by atoms with Crippen LogP contribution in [-0.4, -0.2) is 221 Å². The first-order chi connectivity index (χ1) is 61.0. The van der Waals surface area contributed by atoms with Crippen molar-refractivity contribution in [3.8, 4) is 28.3 Å². The van der Waals surface area contributed by atoms with E-state index in [0.29, 0.717) is 84.6 Å². The van der Waals surface area contributed by atoms with E-state index in [9.17, 15) is 52.2 Å². The number of anilines is 1. The highest BCUT2D eigenvalue weighted by atomic mass is 33.1. The number of primary amides is 1. The summed E-state index contributed by atoms with van der Waals surface area (Å²) >= 11 is 0. The Balaban J connectivity index is 0.942. The first kappa shape index (κ1) is 98.5. The molecule has 1 aliphatic carbocycles. The number of phenolic OH excluding ortho intramolecular Hbond substituents is 1. The standard InChI is InChI=1S/C90H112N14O18S5/c1-56(105)78-88(116)97-73(87(115)100-81(82(92)110)90(2,3)126-123-5)54-125-124-53-72(75(107)50-62(47-58-35-39-63(106)40-36-58)83(111)95-71(49-60-38-37-59-25-14-16-30-66(59)60)86(114)94-69(84(112)99-78)33-20-21-42-91)96-85(113)70(48-57-23-9-6-10-24-57)98-89(117)122-64(55-127(118,119)65-28-12-7-13-29-65)27-11-8-22-44-104-80-68-32-18-19-34-74(68)103(51-61-26-15-17-31-67(61)79(80)101-102-104)77(109)41-43-93-76(108)52-121-46-45-120-4/h6-7,9-10,12-19,23-26,28-32,34-36,38-40,56,62,64,69-73,78,81,105-106H,8,11,20-22,27,33,37,41-55,91H2,1-5H3,(H2,92,110)(H,93,108)(H,94,114)(H,95,111)(H,96,113)(H,97,116)(H,98,117)(H,99,112)(H,100,115)/t56-,62-,64?,69+,70-,71-,72+,73+,78+,81-/m1/s1. The third-order valence-electron chi connectivity index (χ3n) is 21.8. The van der Waals surface area contributed by atoms with Crippen LogP contribution in [0.4, 0.5) is 10.5 Å². The van der Waals surface area contributed by atoms with E-state index in [4.69, 9.17) is 30.8 Å². The SMILES string of the molecule is COCCOCC(=O)NCCC(=O)N1Cc2ccccc2-c2nnn(CCCCCC(CS(=O)(=O)c3ccccc3)OC(=O)N[C@H](Cc3ccccc3)C(=O)N[C@H]3CSSC[C@@H](C(=O)N[C@H](C(N)=O)C(C)(C)SSC)NC(=O)[C@H]([C@@H](C)O)NC(=O)[C@H](CCCCN)NC(=O)[C@@H](CC4=CCc5ccccc54)NC(=O)[C@H](Cc4ccc(O)cc4)CC3=O)c2-c2ccccc21. The molecule has 3 heterocycles. The summed E-state index contributed by atoms with van der Waals surface area (Å²) in [5.41, 5.74) is 19.3. The molecule has 1 fully saturated rings. The maximum atomic E-state index is 15.8. The van der Waals surface area contributed by atoms with Crippen molar-refractivity contribution >= 4 is 129 Å². The predicted molar refractivity (Wildman–Crippen MR) is 490 cm³/mol. The van der Waals surface area contributed by atoms with Gasteiger partial charge in [0.15, 0.2) is 15.6 Å². The number of rotatable bonds is 38. The number of aryl methyl sites for hydroxylation is 1. The smallest absolute Gasteiger partial charge is 0.408 e. The van der Waals surface area contributed by atoms with Gasteiger partial charge in [0, 0.05) is 79.2 Å². The summed E-state index contributed by atoms with van der Waals surface area (Å²) in [5.74, 6) is -10.6. The summed E-state index contributed by atoms with van der Waals surface area (Å²) in [6, 6.07) is 33.8. The molecule has 0 spiro atoms. The molecule has 0 saturated carbocycles. The summed E-state index contributed by atoms with van der Waals surface area (Å²) in [6.07, 6.45) is 0.642. The highest BCUT2D eigenvalue weighted by Gasteiger charge is 2.42. The summed E-state index contributed by atoms with van der Waals surface area (Å²) in [5, 5.41) is 53.1. The number of allylic oxidation sites excluding steroid dienone is 1. The molecule has 10 rings (SSSR count). The monoisotopic (exact) mass is 1840 g/mol. The third kappa shape index (κ3) is 28.7. The second-order valence-electron chi connectivity index (χ2n) is 31.7. The first-order valence-corrected chi connectivity index (χ1v) is 48.8. The van der Waals surface area contributed by atoms with Crippen molar-refractivity contribution in [3.05, 3.63) is 192 Å². The highest BCUT2D eigenvalue weighted by Crippen LogP contribution is 2.42. The van der Waals surface area contributed by atoms with E-state index in [1.807, 2.05) is 78.9 Å². The van der Waals surface area contributed by atoms with E-state index >= 15 is 19.2 Å². The zero-order valence-electron chi connectivity index (χ0n) is 71.5. The van der Waals surface area contributed by atoms with Gasteiger partial charge in [-0.3, -0.25) is 47.9 Å². The fourth-order valence-electron chi connectivity index (χ4n) is 15.1. The molecule has 127 heavy (non-hydrogen) atoms. The van der Waals surface area contributed by atoms with Gasteiger partial charge >= 0.3 is 6.09 Å². The number of benzene rings is 6. The van der Waals surface area contributed by atoms with Crippen LogP contribution in [-0.2, 0) is 104 Å². The van der Waals surface area contributed by atoms with Gasteiger partial charge in [-0.25, -0.2) is 17.9 Å². The summed E-state index contributed by atoms with van der Waals surface area (Å²) in [6.45, 7) is 5.70. The molecule has 32 nitrogen and oxygen atoms in total. The molecular formula is C90H112N14O18S5. The van der Waals surface area contributed by atoms with Crippen LogP contribution in [0, 0.1) is 5.92 Å². The average molecular weight is 1840 g/mol. The molecule has 7 aromatic rings. The van der Waals surface area contributed by atoms with Crippen molar-refractivity contribution in [3.63, 3.8) is 0 Å². The fraction of sp³-hybridized carbons (Fsp3) is 0.433. The second-order valence-corrected chi connectivity index (χ2v) is 39.4. The van der Waals surface area contributed by atoms with Crippen molar-refractivity contribution in [2.45, 2.75) is 181 Å². The molecule has 0 bridgehead atoms. The van der Waals surface area contributed by atoms with Gasteiger partial charge in [0.25, 0.3) is 0 Å². The minimum absolute atomic E-state index is 0.00111. The molecule has 10 amide bonds. The van der Waals surface area contributed by atoms with Gasteiger partial charge in [0.2, 0.25) is 53.2 Å². The van der Waals surface area contributed by atoms with Crippen LogP contribution in [0.25, 0.3) is 28.1 Å². The number of hydrogen-bond acceptors (Lipinski definition) is 25. The number of ketones is 1. The number of nitrogens with one attached hydrogen (secondary N) is 8. The number of ether oxygens (including phenoxy) is 3. The Bertz CT molecular complexity index is 5110. The molecule has 14 N–H and O–H groups in total. The number of carbonyl (C=O) groups excluding carboxylic acids is 11. The van der Waals surface area contributed by atoms with Crippen LogP contribution >= 0.6 is 43.2 Å². The number of Topliss-reactive ketones (excluding diaryl/α,β-unsaturated/α-hetero) is 1. The van der Waals surface area contributed by atoms with E-state index in [1.165, 1.54) is 59.9 Å². The fourth-order valence-corrected chi connectivity index (χ4v) is 21.2. The van der Waals surface area contributed by atoms with Gasteiger partial charge in [-0.2, -0.15) is 0 Å². The van der Waals surface area contributed by atoms with Crippen LogP contribution < -0.4 is 58.9 Å². The van der Waals surface area contributed by atoms with E-state index in [2.05, 4.69) is 47.7 Å². The van der Waals surface area contributed by atoms with Crippen LogP contribution in [0.3, 0.4) is 0 Å². The molecule has 6 aromatic carbocycles. The number of aromatic hydroxyl groups is 1. The van der Waals surface area contributed by atoms with Crippen LogP contribution in [0.2, 0.25) is 0 Å². The second kappa shape index (κ2) is 48.5. The predicted octanol–water partition coefficient (Wildman–Crippen LogP) is 7.01. The van der Waals surface area contributed by atoms with E-state index in [-0.39, 0.29) is 112 Å². The van der Waals surface area contributed by atoms with Crippen molar-refractivity contribution in [1.29, 1.82) is 0 Å². The lowest BCUT2D eigenvalue weighted by atomic mass is 9.90. The van der Waals surface area contributed by atoms with Crippen molar-refractivity contribution in [2.24, 2.45) is 17.4 Å². The molecular weight excluding hydrogens is 1730 g/mol. The number of unbranched alkanes of at least 4 members (excludes halogenated alkanes) is 3. The van der Waals surface area contributed by atoms with Crippen molar-refractivity contribution in [2.75, 3.05) is 68.4 Å². The Morgan fingerprint density at radius 2 is 1.39 bits per heavy atom. The van der Waals surface area contributed by atoms with Crippen LogP contribution in [0.5, 0.6) is 5.75 Å². The summed E-state index contributed by atoms with van der Waals surface area (Å²) in [4.78, 5) is 163. The number of nitrogens with two attached hydrogens (primary N) is 2. The van der Waals surface area contributed by atoms with E-state index in [0.717, 1.165) is 43.8 Å². The Hall–Kier alpha value is -10.6. The molecule has 1 aromatic heterocycles. The van der Waals surface area contributed by atoms with Gasteiger partial charge in [-0.05, 0) is 149 Å². The number of phenols is 1. The van der Waals surface area contributed by atoms with E-state index in [1.54, 1.807) is 90.3 Å². The van der Waals surface area contributed by atoms with Crippen LogP contribution in [0.1, 0.15) is 113 Å². The Morgan fingerprint density at radius 1 is 0.724 bits per heavy atom. The Kier molecular flexibility index (Phi) is 37.6. The molecule has 1 unspecified atom stereocenters. The lowest BCUT2D eigenvalue weighted by Gasteiger charge is -2.33. The Labute approximate surface area is 754 Å². The minimum Gasteiger partial charge on any atom is -0.508 e. The Morgan fingerprint density at radius 3 is 2.10 bits per heavy atom. The van der Waals surface area contributed by atoms with Gasteiger partial charge < -0.3 is 83.3 Å². The zero-order chi connectivity index (χ0) is 91.2. The molecule has 680 valence electrons. The average Bonchev–Trinajstić information content (AvgIpc) is 1.66. The number of aliphatic hydroxyl groups is 1. The van der Waals surface area contributed by atoms with Crippen LogP contribution in [0.15, 0.2) is 169 Å². The summed E-state index contributed by atoms with van der Waals surface area (Å²) < 4.78 is 46.0. The molecule has 3 aliphatic rings. The number of carbonyl (C=O) groups is 11. The number of amides is 10. The molecule has 10 atom stereocenters. The van der Waals surface area contributed by atoms with Crippen molar-refractivity contribution in [1.82, 2.24) is 57.5 Å². The quantitative estimate of drug-likeness (QED) is 0.0137. The van der Waals surface area contributed by atoms with E-state index < -0.39 is 140 Å². The number of hydrogen-bond donors (Lipinski definition) is 12. The number of para-hydroxylation sites is 1.